The molecule has 0 aliphatic carbocycles. The third-order valence-electron chi connectivity index (χ3n) is 2.04. The minimum atomic E-state index is -0.475. The maximum atomic E-state index is 11.4. The zero-order chi connectivity index (χ0) is 9.84. The molecule has 1 aliphatic heterocycles. The van der Waals surface area contributed by atoms with Gasteiger partial charge in [-0.05, 0) is 6.92 Å². The van der Waals surface area contributed by atoms with Crippen molar-refractivity contribution in [2.45, 2.75) is 19.1 Å². The van der Waals surface area contributed by atoms with Crippen molar-refractivity contribution >= 4 is 5.91 Å². The molecule has 0 aromatic heterocycles. The Hall–Kier alpha value is -0.650. The van der Waals surface area contributed by atoms with Gasteiger partial charge in [0.15, 0.2) is 0 Å². The van der Waals surface area contributed by atoms with Crippen LogP contribution >= 0.6 is 0 Å². The number of aliphatic hydroxyl groups is 1. The Morgan fingerprint density at radius 2 is 2.54 bits per heavy atom. The first kappa shape index (κ1) is 10.4. The van der Waals surface area contributed by atoms with Crippen molar-refractivity contribution in [3.63, 3.8) is 0 Å². The Morgan fingerprint density at radius 1 is 1.85 bits per heavy atom. The lowest BCUT2D eigenvalue weighted by Gasteiger charge is -2.32. The maximum Gasteiger partial charge on any atom is 0.239 e. The second kappa shape index (κ2) is 4.55. The van der Waals surface area contributed by atoms with Crippen LogP contribution in [0.2, 0.25) is 0 Å². The van der Waals surface area contributed by atoms with Gasteiger partial charge in [-0.1, -0.05) is 0 Å². The number of aliphatic hydroxyl groups excluding tert-OH is 1. The van der Waals surface area contributed by atoms with Gasteiger partial charge in [-0.2, -0.15) is 0 Å². The molecule has 0 aromatic rings. The summed E-state index contributed by atoms with van der Waals surface area (Å²) >= 11 is 0. The van der Waals surface area contributed by atoms with Crippen LogP contribution in [-0.2, 0) is 9.53 Å². The largest absolute Gasteiger partial charge is 0.394 e. The van der Waals surface area contributed by atoms with Crippen molar-refractivity contribution < 1.29 is 14.6 Å². The quantitative estimate of drug-likeness (QED) is 0.556. The summed E-state index contributed by atoms with van der Waals surface area (Å²) in [5.74, 6) is -0.0817. The fourth-order valence-corrected chi connectivity index (χ4v) is 1.32. The van der Waals surface area contributed by atoms with E-state index in [9.17, 15) is 4.79 Å². The Morgan fingerprint density at radius 3 is 3.08 bits per heavy atom. The molecule has 1 saturated heterocycles. The highest BCUT2D eigenvalue weighted by Gasteiger charge is 2.25. The summed E-state index contributed by atoms with van der Waals surface area (Å²) in [6, 6.07) is -0.475. The molecule has 1 aliphatic rings. The predicted octanol–water partition coefficient (Wildman–Crippen LogP) is -1.45. The molecule has 5 heteroatoms. The number of hydrogen-bond acceptors (Lipinski definition) is 4. The molecule has 0 aromatic carbocycles. The summed E-state index contributed by atoms with van der Waals surface area (Å²) in [6.07, 6.45) is -0.253. The number of carbonyl (C=O) groups is 1. The highest BCUT2D eigenvalue weighted by molar-refractivity contribution is 5.81. The minimum absolute atomic E-state index is 0.0528. The maximum absolute atomic E-state index is 11.4. The summed E-state index contributed by atoms with van der Waals surface area (Å²) < 4.78 is 5.20. The zero-order valence-electron chi connectivity index (χ0n) is 7.77. The van der Waals surface area contributed by atoms with E-state index in [4.69, 9.17) is 15.6 Å². The van der Waals surface area contributed by atoms with E-state index in [1.54, 1.807) is 11.8 Å². The van der Waals surface area contributed by atoms with E-state index in [1.165, 1.54) is 0 Å². The molecule has 2 atom stereocenters. The van der Waals surface area contributed by atoms with E-state index in [1.807, 2.05) is 0 Å². The molecule has 1 heterocycles. The molecular formula is C8H16N2O3. The van der Waals surface area contributed by atoms with Gasteiger partial charge in [0.25, 0.3) is 0 Å². The fourth-order valence-electron chi connectivity index (χ4n) is 1.32. The Bertz CT molecular complexity index is 184. The van der Waals surface area contributed by atoms with Crippen molar-refractivity contribution in [1.29, 1.82) is 0 Å². The van der Waals surface area contributed by atoms with Crippen molar-refractivity contribution in [3.05, 3.63) is 0 Å². The van der Waals surface area contributed by atoms with E-state index >= 15 is 0 Å². The number of morpholine rings is 1. The zero-order valence-corrected chi connectivity index (χ0v) is 7.77. The monoisotopic (exact) mass is 188 g/mol. The van der Waals surface area contributed by atoms with Crippen molar-refractivity contribution in [1.82, 2.24) is 4.90 Å². The van der Waals surface area contributed by atoms with Gasteiger partial charge in [-0.25, -0.2) is 0 Å². The van der Waals surface area contributed by atoms with Crippen LogP contribution in [0.25, 0.3) is 0 Å². The lowest BCUT2D eigenvalue weighted by molar-refractivity contribution is -0.141. The molecule has 0 spiro atoms. The van der Waals surface area contributed by atoms with Crippen molar-refractivity contribution in [2.24, 2.45) is 5.73 Å². The molecule has 1 unspecified atom stereocenters. The normalized spacial score (nSPS) is 25.8. The van der Waals surface area contributed by atoms with Crippen LogP contribution in [0.3, 0.4) is 0 Å². The van der Waals surface area contributed by atoms with Gasteiger partial charge in [0.1, 0.15) is 0 Å². The Balaban J connectivity index is 2.46. The molecular weight excluding hydrogens is 172 g/mol. The van der Waals surface area contributed by atoms with Crippen LogP contribution in [0.5, 0.6) is 0 Å². The van der Waals surface area contributed by atoms with E-state index in [-0.39, 0.29) is 18.6 Å². The topological polar surface area (TPSA) is 75.8 Å². The third-order valence-corrected chi connectivity index (χ3v) is 2.04. The van der Waals surface area contributed by atoms with E-state index in [0.29, 0.717) is 19.7 Å². The lowest BCUT2D eigenvalue weighted by Crippen LogP contribution is -2.51. The average molecular weight is 188 g/mol. The van der Waals surface area contributed by atoms with Crippen LogP contribution < -0.4 is 5.73 Å². The van der Waals surface area contributed by atoms with Gasteiger partial charge >= 0.3 is 0 Å². The lowest BCUT2D eigenvalue weighted by atomic mass is 10.2. The standard InChI is InChI=1S/C8H16N2O3/c1-6(9)8(12)10-2-3-13-7(4-10)5-11/h6-7,11H,2-5,9H2,1H3/t6-,7?/m1/s1. The van der Waals surface area contributed by atoms with E-state index in [0.717, 1.165) is 0 Å². The summed E-state index contributed by atoms with van der Waals surface area (Å²) in [4.78, 5) is 13.1. The summed E-state index contributed by atoms with van der Waals surface area (Å²) in [6.45, 7) is 3.09. The summed E-state index contributed by atoms with van der Waals surface area (Å²) in [5.41, 5.74) is 5.46. The number of nitrogens with two attached hydrogens (primary N) is 1. The molecule has 5 nitrogen and oxygen atoms in total. The summed E-state index contributed by atoms with van der Waals surface area (Å²) in [5, 5.41) is 8.83. The predicted molar refractivity (Wildman–Crippen MR) is 47.1 cm³/mol. The molecule has 13 heavy (non-hydrogen) atoms. The van der Waals surface area contributed by atoms with E-state index < -0.39 is 6.04 Å². The van der Waals surface area contributed by atoms with Crippen molar-refractivity contribution in [2.75, 3.05) is 26.3 Å². The number of ether oxygens (including phenoxy) is 1. The van der Waals surface area contributed by atoms with Crippen LogP contribution in [0.1, 0.15) is 6.92 Å². The highest BCUT2D eigenvalue weighted by Crippen LogP contribution is 2.05. The molecule has 1 fully saturated rings. The van der Waals surface area contributed by atoms with E-state index in [2.05, 4.69) is 0 Å². The summed E-state index contributed by atoms with van der Waals surface area (Å²) in [7, 11) is 0. The van der Waals surface area contributed by atoms with Gasteiger partial charge in [0, 0.05) is 13.1 Å². The second-order valence-electron chi connectivity index (χ2n) is 3.25. The third kappa shape index (κ3) is 2.65. The number of carbonyl (C=O) groups excluding carboxylic acids is 1. The molecule has 0 saturated carbocycles. The molecule has 3 N–H and O–H groups in total. The Labute approximate surface area is 77.5 Å². The van der Waals surface area contributed by atoms with Crippen LogP contribution in [0.4, 0.5) is 0 Å². The molecule has 1 rings (SSSR count). The first-order valence-electron chi connectivity index (χ1n) is 4.42. The molecule has 1 amide bonds. The number of hydrogen-bond donors (Lipinski definition) is 2. The van der Waals surface area contributed by atoms with Crippen molar-refractivity contribution in [3.8, 4) is 0 Å². The van der Waals surface area contributed by atoms with Gasteiger partial charge in [-0.15, -0.1) is 0 Å². The molecule has 76 valence electrons. The van der Waals surface area contributed by atoms with Crippen LogP contribution in [-0.4, -0.2) is 54.4 Å². The second-order valence-corrected chi connectivity index (χ2v) is 3.25. The highest BCUT2D eigenvalue weighted by atomic mass is 16.5. The molecule has 0 bridgehead atoms. The average Bonchev–Trinajstić information content (AvgIpc) is 2.16. The number of nitrogens with zero attached hydrogens (tertiary/aromatic N) is 1. The van der Waals surface area contributed by atoms with Gasteiger partial charge in [0.05, 0.1) is 25.4 Å². The van der Waals surface area contributed by atoms with Gasteiger partial charge < -0.3 is 20.5 Å². The van der Waals surface area contributed by atoms with Crippen LogP contribution in [0, 0.1) is 0 Å². The Kier molecular flexibility index (Phi) is 3.65. The minimum Gasteiger partial charge on any atom is -0.394 e. The smallest absolute Gasteiger partial charge is 0.239 e. The molecule has 0 radical (unpaired) electrons. The first-order chi connectivity index (χ1) is 6.15. The fraction of sp³-hybridized carbons (Fsp3) is 0.875. The van der Waals surface area contributed by atoms with Crippen LogP contribution in [0.15, 0.2) is 0 Å². The SMILES string of the molecule is C[C@@H](N)C(=O)N1CCOC(CO)C1. The number of rotatable bonds is 2. The van der Waals surface area contributed by atoms with Gasteiger partial charge in [-0.3, -0.25) is 4.79 Å². The number of amides is 1. The first-order valence-corrected chi connectivity index (χ1v) is 4.42. The van der Waals surface area contributed by atoms with Gasteiger partial charge in [0.2, 0.25) is 5.91 Å².